The van der Waals surface area contributed by atoms with Crippen LogP contribution in [0.5, 0.6) is 5.75 Å². The lowest BCUT2D eigenvalue weighted by atomic mass is 9.86. The molecule has 1 aliphatic carbocycles. The first kappa shape index (κ1) is 27.6. The highest BCUT2D eigenvalue weighted by molar-refractivity contribution is 8.03. The molecule has 38 heavy (non-hydrogen) atoms. The zero-order valence-electron chi connectivity index (χ0n) is 21.7. The van der Waals surface area contributed by atoms with Crippen molar-refractivity contribution in [2.75, 3.05) is 13.0 Å². The number of rotatable bonds is 7. The van der Waals surface area contributed by atoms with E-state index in [1.165, 1.54) is 16.8 Å². The van der Waals surface area contributed by atoms with E-state index >= 15 is 0 Å². The van der Waals surface area contributed by atoms with Crippen molar-refractivity contribution in [3.05, 3.63) is 86.9 Å². The van der Waals surface area contributed by atoms with Gasteiger partial charge in [-0.3, -0.25) is 14.6 Å². The smallest absolute Gasteiger partial charge is 0.426 e. The van der Waals surface area contributed by atoms with Crippen LogP contribution in [-0.2, 0) is 27.3 Å². The van der Waals surface area contributed by atoms with Crippen LogP contribution in [0.1, 0.15) is 31.9 Å². The standard InChI is InChI=1S/C28H30ClN3O5S/c1-28(2,3)37-27(35)31-32-16-38-25-22(26(34)30-15-18-7-11-21(36-4)12-8-18)14-19(24(33)23(25)32)13-17-5-9-20(29)10-6-17/h5-12,14,19H,13,15-16H2,1-4H3,(H,30,34)(H,31,35). The Hall–Kier alpha value is -3.43. The third-order valence-corrected chi connectivity index (χ3v) is 7.20. The van der Waals surface area contributed by atoms with Crippen LogP contribution in [0.25, 0.3) is 0 Å². The molecule has 2 aromatic carbocycles. The number of nitrogens with zero attached hydrogens (tertiary/aromatic N) is 1. The zero-order chi connectivity index (χ0) is 27.4. The summed E-state index contributed by atoms with van der Waals surface area (Å²) in [5.41, 5.74) is 4.48. The number of methoxy groups -OCH3 is 1. The highest BCUT2D eigenvalue weighted by Crippen LogP contribution is 2.42. The van der Waals surface area contributed by atoms with Crippen molar-refractivity contribution in [3.63, 3.8) is 0 Å². The number of amides is 2. The van der Waals surface area contributed by atoms with Gasteiger partial charge in [-0.25, -0.2) is 10.2 Å². The maximum atomic E-state index is 13.6. The number of ether oxygens (including phenoxy) is 2. The monoisotopic (exact) mass is 555 g/mol. The number of nitrogens with one attached hydrogen (secondary N) is 2. The first-order valence-corrected chi connectivity index (χ1v) is 13.5. The molecule has 0 fully saturated rings. The number of hydrogen-bond donors (Lipinski definition) is 2. The molecule has 0 bridgehead atoms. The third kappa shape index (κ3) is 6.71. The molecular formula is C28H30ClN3O5S. The van der Waals surface area contributed by atoms with E-state index in [9.17, 15) is 14.4 Å². The molecule has 2 aromatic rings. The fourth-order valence-corrected chi connectivity index (χ4v) is 5.33. The molecular weight excluding hydrogens is 526 g/mol. The Kier molecular flexibility index (Phi) is 8.38. The van der Waals surface area contributed by atoms with Crippen LogP contribution in [0.3, 0.4) is 0 Å². The van der Waals surface area contributed by atoms with Gasteiger partial charge in [0, 0.05) is 17.5 Å². The second-order valence-electron chi connectivity index (χ2n) is 9.91. The average molecular weight is 556 g/mol. The molecule has 200 valence electrons. The Bertz CT molecular complexity index is 1280. The largest absolute Gasteiger partial charge is 0.497 e. The maximum absolute atomic E-state index is 13.6. The Morgan fingerprint density at radius 1 is 1.08 bits per heavy atom. The molecule has 1 aliphatic heterocycles. The van der Waals surface area contributed by atoms with E-state index in [1.54, 1.807) is 46.1 Å². The number of ketones is 1. The van der Waals surface area contributed by atoms with Crippen molar-refractivity contribution in [3.8, 4) is 5.75 Å². The van der Waals surface area contributed by atoms with E-state index in [2.05, 4.69) is 10.7 Å². The molecule has 1 heterocycles. The van der Waals surface area contributed by atoms with Crippen LogP contribution in [0, 0.1) is 5.92 Å². The van der Waals surface area contributed by atoms with Gasteiger partial charge in [0.25, 0.3) is 5.91 Å². The fraction of sp³-hybridized carbons (Fsp3) is 0.321. The molecule has 4 rings (SSSR count). The quantitative estimate of drug-likeness (QED) is 0.497. The molecule has 2 aliphatic rings. The number of hydrazine groups is 1. The summed E-state index contributed by atoms with van der Waals surface area (Å²) in [7, 11) is 1.60. The summed E-state index contributed by atoms with van der Waals surface area (Å²) in [6, 6.07) is 14.7. The van der Waals surface area contributed by atoms with Gasteiger partial charge in [0.2, 0.25) is 0 Å². The van der Waals surface area contributed by atoms with E-state index in [4.69, 9.17) is 21.1 Å². The second-order valence-corrected chi connectivity index (χ2v) is 11.3. The Morgan fingerprint density at radius 2 is 1.74 bits per heavy atom. The predicted molar refractivity (Wildman–Crippen MR) is 147 cm³/mol. The second kappa shape index (κ2) is 11.5. The van der Waals surface area contributed by atoms with Crippen molar-refractivity contribution < 1.29 is 23.9 Å². The van der Waals surface area contributed by atoms with Crippen molar-refractivity contribution in [1.29, 1.82) is 0 Å². The Labute approximate surface area is 231 Å². The number of halogens is 1. The summed E-state index contributed by atoms with van der Waals surface area (Å²) in [5.74, 6) is -0.0743. The van der Waals surface area contributed by atoms with E-state index in [0.29, 0.717) is 28.5 Å². The lowest BCUT2D eigenvalue weighted by Gasteiger charge is -2.28. The molecule has 0 radical (unpaired) electrons. The first-order valence-electron chi connectivity index (χ1n) is 12.1. The molecule has 2 amide bonds. The summed E-state index contributed by atoms with van der Waals surface area (Å²) in [4.78, 5) is 40.1. The minimum absolute atomic E-state index is 0.178. The number of hydrogen-bond acceptors (Lipinski definition) is 7. The van der Waals surface area contributed by atoms with Crippen LogP contribution in [-0.4, -0.2) is 41.4 Å². The molecule has 10 heteroatoms. The average Bonchev–Trinajstić information content (AvgIpc) is 3.28. The van der Waals surface area contributed by atoms with Crippen LogP contribution in [0.2, 0.25) is 5.02 Å². The van der Waals surface area contributed by atoms with E-state index in [-0.39, 0.29) is 23.3 Å². The molecule has 8 nitrogen and oxygen atoms in total. The number of benzene rings is 2. The van der Waals surface area contributed by atoms with Crippen molar-refractivity contribution in [1.82, 2.24) is 15.8 Å². The van der Waals surface area contributed by atoms with Crippen LogP contribution in [0.4, 0.5) is 4.79 Å². The number of thioether (sulfide) groups is 1. The summed E-state index contributed by atoms with van der Waals surface area (Å²) in [6.45, 7) is 5.59. The molecule has 0 aromatic heterocycles. The molecule has 1 atom stereocenters. The molecule has 0 spiro atoms. The third-order valence-electron chi connectivity index (χ3n) is 5.86. The molecule has 0 saturated heterocycles. The highest BCUT2D eigenvalue weighted by Gasteiger charge is 2.40. The van der Waals surface area contributed by atoms with Gasteiger partial charge in [0.05, 0.1) is 23.5 Å². The zero-order valence-corrected chi connectivity index (χ0v) is 23.2. The maximum Gasteiger partial charge on any atom is 0.426 e. The van der Waals surface area contributed by atoms with Crippen LogP contribution in [0.15, 0.2) is 70.8 Å². The number of allylic oxidation sites excluding steroid dienone is 2. The fourth-order valence-electron chi connectivity index (χ4n) is 4.09. The van der Waals surface area contributed by atoms with Crippen molar-refractivity contribution >= 4 is 41.1 Å². The molecule has 0 saturated carbocycles. The number of carbonyl (C=O) groups is 3. The number of carbonyl (C=O) groups excluding carboxylic acids is 3. The van der Waals surface area contributed by atoms with Gasteiger partial charge in [0.15, 0.2) is 5.78 Å². The SMILES string of the molecule is COc1ccc(CNC(=O)C2=CC(Cc3ccc(Cl)cc3)C(=O)C3=C2SCN3NC(=O)OC(C)(C)C)cc1. The predicted octanol–water partition coefficient (Wildman–Crippen LogP) is 4.99. The summed E-state index contributed by atoms with van der Waals surface area (Å²) >= 11 is 7.35. The van der Waals surface area contributed by atoms with E-state index < -0.39 is 17.6 Å². The summed E-state index contributed by atoms with van der Waals surface area (Å²) in [5, 5.41) is 5.02. The summed E-state index contributed by atoms with van der Waals surface area (Å²) < 4.78 is 10.6. The minimum atomic E-state index is -0.700. The Morgan fingerprint density at radius 3 is 2.37 bits per heavy atom. The van der Waals surface area contributed by atoms with Crippen LogP contribution >= 0.6 is 23.4 Å². The van der Waals surface area contributed by atoms with Gasteiger partial charge < -0.3 is 14.8 Å². The molecule has 2 N–H and O–H groups in total. The molecule has 1 unspecified atom stereocenters. The lowest BCUT2D eigenvalue weighted by molar-refractivity contribution is -0.119. The van der Waals surface area contributed by atoms with Gasteiger partial charge in [-0.1, -0.05) is 53.7 Å². The lowest BCUT2D eigenvalue weighted by Crippen LogP contribution is -2.45. The van der Waals surface area contributed by atoms with Gasteiger partial charge in [0.1, 0.15) is 17.0 Å². The van der Waals surface area contributed by atoms with Crippen LogP contribution < -0.4 is 15.5 Å². The van der Waals surface area contributed by atoms with E-state index in [0.717, 1.165) is 16.9 Å². The van der Waals surface area contributed by atoms with Crippen molar-refractivity contribution in [2.24, 2.45) is 5.92 Å². The summed E-state index contributed by atoms with van der Waals surface area (Å²) in [6.07, 6.45) is 1.43. The first-order chi connectivity index (χ1) is 18.0. The van der Waals surface area contributed by atoms with Gasteiger partial charge in [-0.15, -0.1) is 0 Å². The number of Topliss-reactive ketones (excluding diaryl/α,β-unsaturated/α-hetero) is 1. The van der Waals surface area contributed by atoms with Gasteiger partial charge in [-0.2, -0.15) is 0 Å². The highest BCUT2D eigenvalue weighted by atomic mass is 35.5. The van der Waals surface area contributed by atoms with Gasteiger partial charge >= 0.3 is 6.09 Å². The van der Waals surface area contributed by atoms with Gasteiger partial charge in [-0.05, 0) is 62.6 Å². The van der Waals surface area contributed by atoms with E-state index in [1.807, 2.05) is 36.4 Å². The topological polar surface area (TPSA) is 97.0 Å². The van der Waals surface area contributed by atoms with Crippen molar-refractivity contribution in [2.45, 2.75) is 39.3 Å². The Balaban J connectivity index is 1.58. The minimum Gasteiger partial charge on any atom is -0.497 e. The normalized spacial score (nSPS) is 17.1.